The van der Waals surface area contributed by atoms with Crippen LogP contribution in [0.1, 0.15) is 0 Å². The molecule has 0 saturated heterocycles. The van der Waals surface area contributed by atoms with E-state index in [0.717, 1.165) is 16.3 Å². The number of fused-ring (bicyclic) bond motifs is 2. The van der Waals surface area contributed by atoms with Gasteiger partial charge in [-0.1, -0.05) is 48.2 Å². The molecule has 0 bridgehead atoms. The van der Waals surface area contributed by atoms with Crippen molar-refractivity contribution in [2.24, 2.45) is 0 Å². The largest absolute Gasteiger partial charge is 0.323 e. The van der Waals surface area contributed by atoms with Gasteiger partial charge in [0, 0.05) is 16.3 Å². The summed E-state index contributed by atoms with van der Waals surface area (Å²) in [7, 11) is 0. The molecule has 0 radical (unpaired) electrons. The predicted molar refractivity (Wildman–Crippen MR) is 123 cm³/mol. The maximum Gasteiger partial charge on any atom is 0.244 e. The van der Waals surface area contributed by atoms with E-state index >= 15 is 0 Å². The number of anilines is 2. The van der Waals surface area contributed by atoms with Crippen LogP contribution >= 0.6 is 11.8 Å². The molecular weight excluding hydrogens is 427 g/mol. The van der Waals surface area contributed by atoms with Gasteiger partial charge in [-0.15, -0.1) is 10.2 Å². The van der Waals surface area contributed by atoms with Crippen molar-refractivity contribution in [1.29, 1.82) is 0 Å². The van der Waals surface area contributed by atoms with Gasteiger partial charge in [-0.3, -0.25) is 9.59 Å². The average Bonchev–Trinajstić information content (AvgIpc) is 2.82. The first-order chi connectivity index (χ1) is 15.6. The number of thioether (sulfide) groups is 1. The molecule has 0 unspecified atom stereocenters. The predicted octanol–water partition coefficient (Wildman–Crippen LogP) is 4.51. The van der Waals surface area contributed by atoms with E-state index in [1.807, 2.05) is 42.5 Å². The number of hydrogen-bond donors (Lipinski definition) is 1. The minimum atomic E-state index is -0.315. The molecule has 8 heteroatoms. The Morgan fingerprint density at radius 2 is 1.69 bits per heavy atom. The van der Waals surface area contributed by atoms with Crippen LogP contribution in [0.2, 0.25) is 0 Å². The quantitative estimate of drug-likeness (QED) is 0.469. The number of para-hydroxylation sites is 2. The molecule has 2 amide bonds. The molecule has 2 heterocycles. The SMILES string of the molecule is O=C1CN(C(=O)CSc2nnc(-c3ccc(F)cc3)c3ccccc23)c2ccccc2N1. The first-order valence-electron chi connectivity index (χ1n) is 9.93. The molecule has 0 saturated carbocycles. The summed E-state index contributed by atoms with van der Waals surface area (Å²) in [4.78, 5) is 26.5. The lowest BCUT2D eigenvalue weighted by Crippen LogP contribution is -2.43. The lowest BCUT2D eigenvalue weighted by molar-refractivity contribution is -0.120. The minimum Gasteiger partial charge on any atom is -0.323 e. The van der Waals surface area contributed by atoms with Gasteiger partial charge in [0.1, 0.15) is 23.1 Å². The van der Waals surface area contributed by atoms with Gasteiger partial charge in [0.25, 0.3) is 0 Å². The van der Waals surface area contributed by atoms with Crippen molar-refractivity contribution in [2.75, 3.05) is 22.5 Å². The second-order valence-corrected chi connectivity index (χ2v) is 8.20. The van der Waals surface area contributed by atoms with Crippen molar-refractivity contribution < 1.29 is 14.0 Å². The molecule has 0 fully saturated rings. The number of aromatic nitrogens is 2. The number of carbonyl (C=O) groups excluding carboxylic acids is 2. The Hall–Kier alpha value is -3.78. The third-order valence-corrected chi connectivity index (χ3v) is 6.14. The highest BCUT2D eigenvalue weighted by molar-refractivity contribution is 8.00. The topological polar surface area (TPSA) is 75.2 Å². The number of benzene rings is 3. The molecule has 32 heavy (non-hydrogen) atoms. The number of carbonyl (C=O) groups is 2. The number of hydrogen-bond acceptors (Lipinski definition) is 5. The summed E-state index contributed by atoms with van der Waals surface area (Å²) in [5.41, 5.74) is 2.72. The highest BCUT2D eigenvalue weighted by atomic mass is 32.2. The molecular formula is C24H17FN4O2S. The lowest BCUT2D eigenvalue weighted by Gasteiger charge is -2.29. The van der Waals surface area contributed by atoms with Crippen LogP contribution in [0.15, 0.2) is 77.8 Å². The number of halogens is 1. The van der Waals surface area contributed by atoms with E-state index in [2.05, 4.69) is 15.5 Å². The Kier molecular flexibility index (Phi) is 5.28. The lowest BCUT2D eigenvalue weighted by atomic mass is 10.1. The van der Waals surface area contributed by atoms with Crippen molar-refractivity contribution in [3.05, 3.63) is 78.6 Å². The van der Waals surface area contributed by atoms with E-state index in [4.69, 9.17) is 0 Å². The summed E-state index contributed by atoms with van der Waals surface area (Å²) >= 11 is 1.28. The van der Waals surface area contributed by atoms with Crippen molar-refractivity contribution in [3.8, 4) is 11.3 Å². The molecule has 5 rings (SSSR count). The molecule has 6 nitrogen and oxygen atoms in total. The van der Waals surface area contributed by atoms with Gasteiger partial charge >= 0.3 is 0 Å². The monoisotopic (exact) mass is 444 g/mol. The van der Waals surface area contributed by atoms with Crippen LogP contribution < -0.4 is 10.2 Å². The first kappa shape index (κ1) is 20.1. The summed E-state index contributed by atoms with van der Waals surface area (Å²) in [5.74, 6) is -0.623. The Morgan fingerprint density at radius 1 is 0.969 bits per heavy atom. The number of nitrogens with one attached hydrogen (secondary N) is 1. The number of nitrogens with zero attached hydrogens (tertiary/aromatic N) is 3. The van der Waals surface area contributed by atoms with E-state index in [1.165, 1.54) is 28.8 Å². The second-order valence-electron chi connectivity index (χ2n) is 7.24. The summed E-state index contributed by atoms with van der Waals surface area (Å²) in [5, 5.41) is 13.8. The molecule has 1 aliphatic rings. The van der Waals surface area contributed by atoms with Crippen LogP contribution in [-0.4, -0.2) is 34.3 Å². The van der Waals surface area contributed by atoms with E-state index in [9.17, 15) is 14.0 Å². The van der Waals surface area contributed by atoms with E-state index in [-0.39, 0.29) is 29.9 Å². The van der Waals surface area contributed by atoms with Crippen LogP contribution in [0, 0.1) is 5.82 Å². The normalized spacial score (nSPS) is 13.0. The molecule has 0 spiro atoms. The van der Waals surface area contributed by atoms with Gasteiger partial charge in [0.15, 0.2) is 0 Å². The molecule has 0 atom stereocenters. The van der Waals surface area contributed by atoms with Crippen LogP contribution in [0.25, 0.3) is 22.0 Å². The summed E-state index contributed by atoms with van der Waals surface area (Å²) in [6, 6.07) is 21.0. The highest BCUT2D eigenvalue weighted by Gasteiger charge is 2.26. The van der Waals surface area contributed by atoms with Crippen LogP contribution in [-0.2, 0) is 9.59 Å². The Morgan fingerprint density at radius 3 is 2.50 bits per heavy atom. The van der Waals surface area contributed by atoms with Crippen LogP contribution in [0.3, 0.4) is 0 Å². The molecule has 158 valence electrons. The first-order valence-corrected chi connectivity index (χ1v) is 10.9. The van der Waals surface area contributed by atoms with Gasteiger partial charge in [0.05, 0.1) is 17.1 Å². The van der Waals surface area contributed by atoms with Gasteiger partial charge in [-0.25, -0.2) is 4.39 Å². The average molecular weight is 444 g/mol. The fourth-order valence-electron chi connectivity index (χ4n) is 3.67. The van der Waals surface area contributed by atoms with E-state index < -0.39 is 0 Å². The Bertz CT molecular complexity index is 1340. The van der Waals surface area contributed by atoms with Crippen LogP contribution in [0.5, 0.6) is 0 Å². The maximum atomic E-state index is 13.3. The summed E-state index contributed by atoms with van der Waals surface area (Å²) in [6.45, 7) is -0.0215. The molecule has 1 aliphatic heterocycles. The molecule has 1 aromatic heterocycles. The van der Waals surface area contributed by atoms with Crippen molar-refractivity contribution in [1.82, 2.24) is 10.2 Å². The van der Waals surface area contributed by atoms with Crippen molar-refractivity contribution in [3.63, 3.8) is 0 Å². The van der Waals surface area contributed by atoms with Crippen molar-refractivity contribution in [2.45, 2.75) is 5.03 Å². The zero-order valence-corrected chi connectivity index (χ0v) is 17.6. The highest BCUT2D eigenvalue weighted by Crippen LogP contribution is 2.33. The summed E-state index contributed by atoms with van der Waals surface area (Å²) in [6.07, 6.45) is 0. The zero-order valence-electron chi connectivity index (χ0n) is 16.8. The minimum absolute atomic E-state index is 0.0215. The van der Waals surface area contributed by atoms with E-state index in [1.54, 1.807) is 18.2 Å². The van der Waals surface area contributed by atoms with Gasteiger partial charge in [0.2, 0.25) is 11.8 Å². The summed E-state index contributed by atoms with van der Waals surface area (Å²) < 4.78 is 13.3. The zero-order chi connectivity index (χ0) is 22.1. The van der Waals surface area contributed by atoms with Crippen LogP contribution in [0.4, 0.5) is 15.8 Å². The Balaban J connectivity index is 1.42. The standard InChI is InChI=1S/C24H17FN4O2S/c25-16-11-9-15(10-12-16)23-17-5-1-2-6-18(17)24(28-27-23)32-14-22(31)29-13-21(30)26-19-7-3-4-8-20(19)29/h1-12H,13-14H2,(H,26,30). The van der Waals surface area contributed by atoms with E-state index in [0.29, 0.717) is 22.1 Å². The van der Waals surface area contributed by atoms with Gasteiger partial charge in [-0.2, -0.15) is 0 Å². The number of rotatable bonds is 4. The third-order valence-electron chi connectivity index (χ3n) is 5.18. The Labute approximate surface area is 187 Å². The van der Waals surface area contributed by atoms with Gasteiger partial charge in [-0.05, 0) is 36.4 Å². The fraction of sp³-hybridized carbons (Fsp3) is 0.0833. The molecule has 3 aromatic carbocycles. The second kappa shape index (κ2) is 8.39. The molecule has 1 N–H and O–H groups in total. The smallest absolute Gasteiger partial charge is 0.244 e. The van der Waals surface area contributed by atoms with Gasteiger partial charge < -0.3 is 10.2 Å². The fourth-order valence-corrected chi connectivity index (χ4v) is 4.52. The molecule has 0 aliphatic carbocycles. The third kappa shape index (κ3) is 3.80. The molecule has 4 aromatic rings. The maximum absolute atomic E-state index is 13.3. The number of amides is 2. The van der Waals surface area contributed by atoms with Crippen molar-refractivity contribution >= 4 is 45.7 Å².